The fourth-order valence-corrected chi connectivity index (χ4v) is 1.64. The van der Waals surface area contributed by atoms with E-state index in [0.717, 1.165) is 25.7 Å². The van der Waals surface area contributed by atoms with Gasteiger partial charge in [-0.3, -0.25) is 0 Å². The first kappa shape index (κ1) is 16.4. The smallest absolute Gasteiger partial charge is 0.339 e. The Balaban J connectivity index is 2.91. The lowest BCUT2D eigenvalue weighted by atomic mass is 9.92. The minimum Gasteiger partial charge on any atom is -0.494 e. The predicted molar refractivity (Wildman–Crippen MR) is 79.6 cm³/mol. The van der Waals surface area contributed by atoms with Gasteiger partial charge in [-0.25, -0.2) is 4.79 Å². The van der Waals surface area contributed by atoms with Gasteiger partial charge in [-0.15, -0.1) is 0 Å². The second-order valence-corrected chi connectivity index (χ2v) is 4.60. The maximum absolute atomic E-state index is 11.2. The molecule has 0 amide bonds. The molecule has 0 bridgehead atoms. The van der Waals surface area contributed by atoms with Crippen LogP contribution >= 0.6 is 0 Å². The van der Waals surface area contributed by atoms with Crippen molar-refractivity contribution in [2.45, 2.75) is 39.5 Å². The first-order valence-electron chi connectivity index (χ1n) is 7.02. The Morgan fingerprint density at radius 2 is 1.65 bits per heavy atom. The number of rotatable bonds is 9. The largest absolute Gasteiger partial charge is 0.494 e. The Bertz CT molecular complexity index is 446. The minimum absolute atomic E-state index is 0.0708. The van der Waals surface area contributed by atoms with Gasteiger partial charge in [0, 0.05) is 6.07 Å². The number of unbranched alkanes of at least 4 members (excludes halogenated alkanes) is 2. The van der Waals surface area contributed by atoms with Crippen molar-refractivity contribution in [2.24, 2.45) is 0 Å². The number of carboxylic acid groups (broad SMARTS) is 1. The number of hydrogen-bond acceptors (Lipinski definition) is 3. The van der Waals surface area contributed by atoms with Crippen LogP contribution in [0.1, 0.15) is 49.9 Å². The first-order valence-corrected chi connectivity index (χ1v) is 7.02. The van der Waals surface area contributed by atoms with Gasteiger partial charge >= 0.3 is 5.97 Å². The van der Waals surface area contributed by atoms with E-state index >= 15 is 0 Å². The number of aromatic carboxylic acids is 1. The van der Waals surface area contributed by atoms with E-state index < -0.39 is 5.97 Å². The first-order chi connectivity index (χ1) is 9.60. The van der Waals surface area contributed by atoms with E-state index in [1.54, 1.807) is 6.07 Å². The third kappa shape index (κ3) is 4.80. The summed E-state index contributed by atoms with van der Waals surface area (Å²) in [5, 5.41) is 9.18. The van der Waals surface area contributed by atoms with E-state index in [4.69, 9.17) is 17.3 Å². The third-order valence-corrected chi connectivity index (χ3v) is 2.85. The molecular weight excluding hydrogens is 255 g/mol. The van der Waals surface area contributed by atoms with Gasteiger partial charge in [0.15, 0.2) is 0 Å². The zero-order valence-electron chi connectivity index (χ0n) is 12.1. The van der Waals surface area contributed by atoms with Gasteiger partial charge in [0.05, 0.1) is 13.2 Å². The summed E-state index contributed by atoms with van der Waals surface area (Å²) < 4.78 is 11.1. The maximum Gasteiger partial charge on any atom is 0.339 e. The summed E-state index contributed by atoms with van der Waals surface area (Å²) in [7, 11) is 5.82. The Morgan fingerprint density at radius 1 is 1.10 bits per heavy atom. The second kappa shape index (κ2) is 8.51. The molecule has 4 nitrogen and oxygen atoms in total. The molecular formula is C15H21BO4. The van der Waals surface area contributed by atoms with Crippen molar-refractivity contribution in [2.75, 3.05) is 13.2 Å². The van der Waals surface area contributed by atoms with E-state index in [9.17, 15) is 9.90 Å². The van der Waals surface area contributed by atoms with Crippen LogP contribution in [0.25, 0.3) is 0 Å². The Labute approximate surface area is 121 Å². The van der Waals surface area contributed by atoms with Crippen LogP contribution in [-0.2, 0) is 0 Å². The highest BCUT2D eigenvalue weighted by molar-refractivity contribution is 6.34. The van der Waals surface area contributed by atoms with E-state index in [2.05, 4.69) is 6.92 Å². The lowest BCUT2D eigenvalue weighted by Gasteiger charge is -2.14. The van der Waals surface area contributed by atoms with E-state index in [1.807, 2.05) is 6.92 Å². The van der Waals surface area contributed by atoms with E-state index in [-0.39, 0.29) is 5.56 Å². The van der Waals surface area contributed by atoms with Crippen LogP contribution in [0.2, 0.25) is 0 Å². The van der Waals surface area contributed by atoms with Gasteiger partial charge in [-0.05, 0) is 18.9 Å². The summed E-state index contributed by atoms with van der Waals surface area (Å²) >= 11 is 0. The van der Waals surface area contributed by atoms with Crippen LogP contribution in [0.5, 0.6) is 11.5 Å². The summed E-state index contributed by atoms with van der Waals surface area (Å²) in [6.45, 7) is 5.15. The monoisotopic (exact) mass is 276 g/mol. The molecule has 0 aliphatic heterocycles. The molecule has 0 fully saturated rings. The molecule has 1 aromatic carbocycles. The molecule has 0 unspecified atom stereocenters. The van der Waals surface area contributed by atoms with Crippen LogP contribution in [0.15, 0.2) is 12.1 Å². The summed E-state index contributed by atoms with van der Waals surface area (Å²) in [4.78, 5) is 11.2. The van der Waals surface area contributed by atoms with Crippen molar-refractivity contribution in [1.82, 2.24) is 0 Å². The van der Waals surface area contributed by atoms with Gasteiger partial charge in [0.1, 0.15) is 24.9 Å². The van der Waals surface area contributed by atoms with Gasteiger partial charge in [0.25, 0.3) is 0 Å². The number of carboxylic acids is 1. The average Bonchev–Trinajstić information content (AvgIpc) is 2.41. The molecule has 0 heterocycles. The summed E-state index contributed by atoms with van der Waals surface area (Å²) in [5.41, 5.74) is 0.391. The van der Waals surface area contributed by atoms with Crippen LogP contribution in [0, 0.1) is 0 Å². The van der Waals surface area contributed by atoms with E-state index in [0.29, 0.717) is 30.2 Å². The van der Waals surface area contributed by atoms with Crippen molar-refractivity contribution >= 4 is 19.3 Å². The van der Waals surface area contributed by atoms with Gasteiger partial charge in [-0.1, -0.05) is 32.2 Å². The molecule has 1 rings (SSSR count). The SMILES string of the molecule is [B]c1cc(C(=O)O)c(OCCCC)cc1OCCCC. The molecule has 0 atom stereocenters. The summed E-state index contributed by atoms with van der Waals surface area (Å²) in [5.74, 6) is -0.259. The fraction of sp³-hybridized carbons (Fsp3) is 0.533. The van der Waals surface area contributed by atoms with Gasteiger partial charge < -0.3 is 14.6 Å². The topological polar surface area (TPSA) is 55.8 Å². The molecule has 0 aliphatic carbocycles. The van der Waals surface area contributed by atoms with Crippen LogP contribution in [0.4, 0.5) is 0 Å². The molecule has 20 heavy (non-hydrogen) atoms. The van der Waals surface area contributed by atoms with Crippen molar-refractivity contribution in [3.63, 3.8) is 0 Å². The zero-order valence-corrected chi connectivity index (χ0v) is 12.1. The third-order valence-electron chi connectivity index (χ3n) is 2.85. The lowest BCUT2D eigenvalue weighted by Crippen LogP contribution is -2.15. The molecule has 108 valence electrons. The van der Waals surface area contributed by atoms with Crippen molar-refractivity contribution in [3.05, 3.63) is 17.7 Å². The maximum atomic E-state index is 11.2. The number of carbonyl (C=O) groups is 1. The highest BCUT2D eigenvalue weighted by Gasteiger charge is 2.15. The highest BCUT2D eigenvalue weighted by atomic mass is 16.5. The molecule has 1 aromatic rings. The van der Waals surface area contributed by atoms with E-state index in [1.165, 1.54) is 6.07 Å². The molecule has 0 spiro atoms. The summed E-state index contributed by atoms with van der Waals surface area (Å²) in [6, 6.07) is 2.97. The lowest BCUT2D eigenvalue weighted by molar-refractivity contribution is 0.0692. The molecule has 5 heteroatoms. The van der Waals surface area contributed by atoms with Crippen LogP contribution in [0.3, 0.4) is 0 Å². The molecule has 0 saturated heterocycles. The molecule has 0 saturated carbocycles. The number of benzene rings is 1. The highest BCUT2D eigenvalue weighted by Crippen LogP contribution is 2.23. The standard InChI is InChI=1S/C15H21BO4/c1-3-5-7-19-13-10-14(20-8-6-4-2)12(16)9-11(13)15(17)18/h9-10H,3-8H2,1-2H3,(H,17,18). The van der Waals surface area contributed by atoms with Crippen molar-refractivity contribution in [3.8, 4) is 11.5 Å². The zero-order chi connectivity index (χ0) is 15.0. The van der Waals surface area contributed by atoms with Gasteiger partial charge in [-0.2, -0.15) is 0 Å². The number of ether oxygens (including phenoxy) is 2. The molecule has 0 aromatic heterocycles. The average molecular weight is 276 g/mol. The quantitative estimate of drug-likeness (QED) is 0.556. The van der Waals surface area contributed by atoms with Crippen LogP contribution in [-0.4, -0.2) is 32.1 Å². The molecule has 2 radical (unpaired) electrons. The summed E-state index contributed by atoms with van der Waals surface area (Å²) in [6.07, 6.45) is 3.80. The van der Waals surface area contributed by atoms with Crippen molar-refractivity contribution < 1.29 is 19.4 Å². The Kier molecular flexibility index (Phi) is 6.98. The predicted octanol–water partition coefficient (Wildman–Crippen LogP) is 2.54. The number of hydrogen-bond donors (Lipinski definition) is 1. The fourth-order valence-electron chi connectivity index (χ4n) is 1.64. The van der Waals surface area contributed by atoms with Crippen LogP contribution < -0.4 is 14.9 Å². The second-order valence-electron chi connectivity index (χ2n) is 4.60. The van der Waals surface area contributed by atoms with Crippen molar-refractivity contribution in [1.29, 1.82) is 0 Å². The Morgan fingerprint density at radius 3 is 2.15 bits per heavy atom. The molecule has 1 N–H and O–H groups in total. The molecule has 0 aliphatic rings. The minimum atomic E-state index is -1.05. The normalized spacial score (nSPS) is 10.3. The Hall–Kier alpha value is -1.65. The van der Waals surface area contributed by atoms with Gasteiger partial charge in [0.2, 0.25) is 0 Å².